The van der Waals surface area contributed by atoms with Gasteiger partial charge in [0, 0.05) is 31.1 Å². The predicted molar refractivity (Wildman–Crippen MR) is 78.8 cm³/mol. The van der Waals surface area contributed by atoms with Gasteiger partial charge in [-0.2, -0.15) is 0 Å². The number of hydrogen-bond donors (Lipinski definition) is 1. The van der Waals surface area contributed by atoms with E-state index in [9.17, 15) is 9.59 Å². The van der Waals surface area contributed by atoms with Crippen molar-refractivity contribution in [2.75, 3.05) is 7.11 Å². The van der Waals surface area contributed by atoms with Crippen LogP contribution in [0.3, 0.4) is 0 Å². The number of carbonyl (C=O) groups is 2. The molecule has 1 rings (SSSR count). The van der Waals surface area contributed by atoms with E-state index >= 15 is 0 Å². The van der Waals surface area contributed by atoms with Gasteiger partial charge in [0.15, 0.2) is 0 Å². The van der Waals surface area contributed by atoms with Gasteiger partial charge in [-0.15, -0.1) is 0 Å². The number of rotatable bonds is 10. The number of carbonyl (C=O) groups excluding carboxylic acids is 1. The summed E-state index contributed by atoms with van der Waals surface area (Å²) in [4.78, 5) is 22.0. The number of aliphatic carboxylic acids is 1. The van der Waals surface area contributed by atoms with Gasteiger partial charge < -0.3 is 14.6 Å². The molecule has 0 saturated carbocycles. The molecule has 120 valence electrons. The van der Waals surface area contributed by atoms with Gasteiger partial charge in [-0.1, -0.05) is 25.7 Å². The molecule has 5 heteroatoms. The van der Waals surface area contributed by atoms with Crippen LogP contribution >= 0.6 is 0 Å². The van der Waals surface area contributed by atoms with Crippen molar-refractivity contribution in [3.05, 3.63) is 11.1 Å². The number of hydrogen-bond acceptors (Lipinski definition) is 4. The van der Waals surface area contributed by atoms with Gasteiger partial charge in [-0.05, 0) is 26.7 Å². The monoisotopic (exact) mass is 298 g/mol. The smallest absolute Gasteiger partial charge is 0.336 e. The Morgan fingerprint density at radius 1 is 1.14 bits per heavy atom. The summed E-state index contributed by atoms with van der Waals surface area (Å²) < 4.78 is 10.9. The average Bonchev–Trinajstić information content (AvgIpc) is 2.66. The summed E-state index contributed by atoms with van der Waals surface area (Å²) in [5.74, 6) is -1.88. The second kappa shape index (κ2) is 8.17. The van der Waals surface area contributed by atoms with Crippen LogP contribution in [-0.4, -0.2) is 29.9 Å². The third-order valence-corrected chi connectivity index (χ3v) is 4.17. The molecular formula is C16H26O5. The van der Waals surface area contributed by atoms with Gasteiger partial charge in [0.2, 0.25) is 5.79 Å². The molecule has 0 aromatic carbocycles. The van der Waals surface area contributed by atoms with E-state index in [1.807, 2.05) is 6.92 Å². The fraction of sp³-hybridized carbons (Fsp3) is 0.750. The maximum absolute atomic E-state index is 11.6. The van der Waals surface area contributed by atoms with Crippen molar-refractivity contribution in [3.8, 4) is 0 Å². The van der Waals surface area contributed by atoms with E-state index in [1.165, 1.54) is 0 Å². The van der Waals surface area contributed by atoms with Crippen molar-refractivity contribution >= 4 is 11.9 Å². The van der Waals surface area contributed by atoms with Crippen molar-refractivity contribution < 1.29 is 24.2 Å². The Balaban J connectivity index is 2.23. The predicted octanol–water partition coefficient (Wildman–Crippen LogP) is 3.43. The Morgan fingerprint density at radius 3 is 2.19 bits per heavy atom. The first-order chi connectivity index (χ1) is 9.93. The molecule has 1 aliphatic heterocycles. The van der Waals surface area contributed by atoms with Crippen LogP contribution in [0, 0.1) is 0 Å². The number of methoxy groups -OCH3 is 1. The number of cyclic esters (lactones) is 1. The first-order valence-electron chi connectivity index (χ1n) is 7.61. The lowest BCUT2D eigenvalue weighted by Gasteiger charge is -2.28. The molecule has 21 heavy (non-hydrogen) atoms. The van der Waals surface area contributed by atoms with E-state index in [2.05, 4.69) is 0 Å². The molecule has 5 nitrogen and oxygen atoms in total. The SMILES string of the molecule is COC1(CCCCCCCCC(=O)O)OC(=O)C(C)=C1C. The molecule has 0 amide bonds. The topological polar surface area (TPSA) is 72.8 Å². The summed E-state index contributed by atoms with van der Waals surface area (Å²) in [6, 6.07) is 0. The summed E-state index contributed by atoms with van der Waals surface area (Å²) in [6.45, 7) is 3.65. The number of carboxylic acids is 1. The Bertz CT molecular complexity index is 413. The lowest BCUT2D eigenvalue weighted by molar-refractivity contribution is -0.195. The summed E-state index contributed by atoms with van der Waals surface area (Å²) in [5.41, 5.74) is 1.52. The fourth-order valence-electron chi connectivity index (χ4n) is 2.62. The highest BCUT2D eigenvalue weighted by atomic mass is 16.7. The van der Waals surface area contributed by atoms with Crippen LogP contribution in [0.15, 0.2) is 11.1 Å². The first kappa shape index (κ1) is 17.7. The molecule has 0 fully saturated rings. The zero-order chi connectivity index (χ0) is 15.9. The molecule has 0 aromatic heterocycles. The minimum Gasteiger partial charge on any atom is -0.481 e. The van der Waals surface area contributed by atoms with E-state index in [1.54, 1.807) is 14.0 Å². The summed E-state index contributed by atoms with van der Waals surface area (Å²) in [5, 5.41) is 8.54. The minimum absolute atomic E-state index is 0.256. The van der Waals surface area contributed by atoms with E-state index < -0.39 is 11.8 Å². The Kier molecular flexibility index (Phi) is 6.89. The molecule has 0 aliphatic carbocycles. The van der Waals surface area contributed by atoms with Crippen LogP contribution in [-0.2, 0) is 19.1 Å². The molecule has 0 spiro atoms. The second-order valence-corrected chi connectivity index (χ2v) is 5.61. The van der Waals surface area contributed by atoms with E-state index in [4.69, 9.17) is 14.6 Å². The van der Waals surface area contributed by atoms with Gasteiger partial charge in [0.05, 0.1) is 0 Å². The minimum atomic E-state index is -0.871. The highest BCUT2D eigenvalue weighted by Crippen LogP contribution is 2.37. The number of ether oxygens (including phenoxy) is 2. The maximum Gasteiger partial charge on any atom is 0.336 e. The Labute approximate surface area is 126 Å². The maximum atomic E-state index is 11.6. The van der Waals surface area contributed by atoms with Crippen molar-refractivity contribution in [1.82, 2.24) is 0 Å². The lowest BCUT2D eigenvalue weighted by atomic mass is 9.98. The van der Waals surface area contributed by atoms with Crippen molar-refractivity contribution in [1.29, 1.82) is 0 Å². The summed E-state index contributed by atoms with van der Waals surface area (Å²) in [6.07, 6.45) is 6.69. The van der Waals surface area contributed by atoms with Crippen LogP contribution in [0.5, 0.6) is 0 Å². The molecule has 0 aromatic rings. The zero-order valence-corrected chi connectivity index (χ0v) is 13.2. The molecule has 0 bridgehead atoms. The van der Waals surface area contributed by atoms with Crippen LogP contribution in [0.1, 0.15) is 65.2 Å². The summed E-state index contributed by atoms with van der Waals surface area (Å²) in [7, 11) is 1.57. The Hall–Kier alpha value is -1.36. The Morgan fingerprint density at radius 2 is 1.71 bits per heavy atom. The third kappa shape index (κ3) is 4.84. The standard InChI is InChI=1S/C16H26O5/c1-12-13(2)16(20-3,21-15(12)19)11-9-7-5-4-6-8-10-14(17)18/h4-11H2,1-3H3,(H,17,18). The average molecular weight is 298 g/mol. The van der Waals surface area contributed by atoms with Gasteiger partial charge in [0.1, 0.15) is 0 Å². The molecule has 1 heterocycles. The van der Waals surface area contributed by atoms with Crippen molar-refractivity contribution in [3.63, 3.8) is 0 Å². The van der Waals surface area contributed by atoms with Crippen molar-refractivity contribution in [2.45, 2.75) is 71.0 Å². The summed E-state index contributed by atoms with van der Waals surface area (Å²) >= 11 is 0. The quantitative estimate of drug-likeness (QED) is 0.494. The molecule has 1 aliphatic rings. The second-order valence-electron chi connectivity index (χ2n) is 5.61. The van der Waals surface area contributed by atoms with Crippen LogP contribution in [0.25, 0.3) is 0 Å². The number of carboxylic acid groups (broad SMARTS) is 1. The molecule has 1 unspecified atom stereocenters. The van der Waals surface area contributed by atoms with Crippen LogP contribution in [0.2, 0.25) is 0 Å². The highest BCUT2D eigenvalue weighted by Gasteiger charge is 2.43. The fourth-order valence-corrected chi connectivity index (χ4v) is 2.62. The van der Waals surface area contributed by atoms with Gasteiger partial charge in [0.25, 0.3) is 0 Å². The van der Waals surface area contributed by atoms with Gasteiger partial charge >= 0.3 is 11.9 Å². The third-order valence-electron chi connectivity index (χ3n) is 4.17. The molecule has 1 N–H and O–H groups in total. The van der Waals surface area contributed by atoms with E-state index in [0.717, 1.165) is 44.1 Å². The van der Waals surface area contributed by atoms with Gasteiger partial charge in [-0.25, -0.2) is 4.79 Å². The van der Waals surface area contributed by atoms with Crippen LogP contribution in [0.4, 0.5) is 0 Å². The molecule has 1 atom stereocenters. The molecule has 0 saturated heterocycles. The zero-order valence-electron chi connectivity index (χ0n) is 13.2. The molecular weight excluding hydrogens is 272 g/mol. The largest absolute Gasteiger partial charge is 0.481 e. The number of esters is 1. The van der Waals surface area contributed by atoms with E-state index in [-0.39, 0.29) is 12.4 Å². The number of unbranched alkanes of at least 4 members (excludes halogenated alkanes) is 5. The van der Waals surface area contributed by atoms with E-state index in [0.29, 0.717) is 12.0 Å². The highest BCUT2D eigenvalue weighted by molar-refractivity contribution is 5.92. The normalized spacial score (nSPS) is 21.8. The van der Waals surface area contributed by atoms with Crippen LogP contribution < -0.4 is 0 Å². The molecule has 0 radical (unpaired) electrons. The first-order valence-corrected chi connectivity index (χ1v) is 7.61. The lowest BCUT2D eigenvalue weighted by Crippen LogP contribution is -2.33. The van der Waals surface area contributed by atoms with Gasteiger partial charge in [-0.3, -0.25) is 4.79 Å². The van der Waals surface area contributed by atoms with Crippen molar-refractivity contribution in [2.24, 2.45) is 0 Å².